The summed E-state index contributed by atoms with van der Waals surface area (Å²) in [7, 11) is 0. The maximum atomic E-state index is 11.8. The van der Waals surface area contributed by atoms with Crippen molar-refractivity contribution < 1.29 is 5.11 Å². The first-order valence-electron chi connectivity index (χ1n) is 8.51. The van der Waals surface area contributed by atoms with E-state index in [0.29, 0.717) is 5.92 Å². The molecule has 0 saturated heterocycles. The number of aliphatic hydroxyl groups is 1. The van der Waals surface area contributed by atoms with Crippen LogP contribution in [0.5, 0.6) is 0 Å². The Morgan fingerprint density at radius 2 is 1.59 bits per heavy atom. The van der Waals surface area contributed by atoms with Crippen molar-refractivity contribution >= 4 is 0 Å². The summed E-state index contributed by atoms with van der Waals surface area (Å²) in [5.41, 5.74) is 4.62. The lowest BCUT2D eigenvalue weighted by atomic mass is 9.64. The highest BCUT2D eigenvalue weighted by Crippen LogP contribution is 2.64. The molecule has 2 aromatic rings. The molecule has 1 spiro atoms. The number of hydrogen-bond donors (Lipinski definition) is 1. The van der Waals surface area contributed by atoms with Gasteiger partial charge in [-0.05, 0) is 47.4 Å². The van der Waals surface area contributed by atoms with E-state index in [2.05, 4.69) is 62.4 Å². The molecule has 0 fully saturated rings. The van der Waals surface area contributed by atoms with Crippen molar-refractivity contribution in [3.05, 3.63) is 70.8 Å². The molecule has 0 amide bonds. The van der Waals surface area contributed by atoms with Gasteiger partial charge in [-0.15, -0.1) is 0 Å². The molecule has 0 aromatic heterocycles. The van der Waals surface area contributed by atoms with Gasteiger partial charge < -0.3 is 5.11 Å². The summed E-state index contributed by atoms with van der Waals surface area (Å²) in [5.74, 6) is 0.396. The molecule has 2 atom stereocenters. The fourth-order valence-electron chi connectivity index (χ4n) is 5.16. The number of benzene rings is 2. The second-order valence-corrected chi connectivity index (χ2v) is 7.20. The van der Waals surface area contributed by atoms with E-state index in [0.717, 1.165) is 25.7 Å². The van der Waals surface area contributed by atoms with Crippen LogP contribution in [-0.4, -0.2) is 5.11 Å². The van der Waals surface area contributed by atoms with Crippen LogP contribution in [0.2, 0.25) is 0 Å². The van der Waals surface area contributed by atoms with Crippen LogP contribution in [0.25, 0.3) is 0 Å². The average molecular weight is 292 g/mol. The van der Waals surface area contributed by atoms with E-state index in [9.17, 15) is 5.11 Å². The molecule has 22 heavy (non-hydrogen) atoms. The van der Waals surface area contributed by atoms with Crippen LogP contribution in [0.1, 0.15) is 54.9 Å². The van der Waals surface area contributed by atoms with Crippen LogP contribution in [-0.2, 0) is 18.4 Å². The van der Waals surface area contributed by atoms with E-state index in [1.165, 1.54) is 22.3 Å². The smallest absolute Gasteiger partial charge is 0.0967 e. The average Bonchev–Trinajstić information content (AvgIpc) is 3.01. The summed E-state index contributed by atoms with van der Waals surface area (Å²) in [5, 5.41) is 11.8. The van der Waals surface area contributed by atoms with E-state index >= 15 is 0 Å². The predicted octanol–water partition coefficient (Wildman–Crippen LogP) is 4.58. The number of hydrogen-bond acceptors (Lipinski definition) is 1. The van der Waals surface area contributed by atoms with Gasteiger partial charge in [0.15, 0.2) is 0 Å². The second kappa shape index (κ2) is 4.70. The Balaban J connectivity index is 1.90. The van der Waals surface area contributed by atoms with Crippen molar-refractivity contribution in [2.75, 3.05) is 0 Å². The van der Waals surface area contributed by atoms with Crippen LogP contribution in [0.15, 0.2) is 48.5 Å². The molecule has 2 aliphatic rings. The Hall–Kier alpha value is -1.60. The molecule has 0 radical (unpaired) electrons. The van der Waals surface area contributed by atoms with Gasteiger partial charge in [-0.25, -0.2) is 0 Å². The van der Waals surface area contributed by atoms with Crippen molar-refractivity contribution in [2.45, 2.75) is 51.0 Å². The van der Waals surface area contributed by atoms with Crippen molar-refractivity contribution in [1.82, 2.24) is 0 Å². The molecule has 0 heterocycles. The third-order valence-electron chi connectivity index (χ3n) is 6.27. The molecule has 0 aliphatic heterocycles. The first-order valence-corrected chi connectivity index (χ1v) is 8.51. The lowest BCUT2D eigenvalue weighted by Gasteiger charge is -2.43. The summed E-state index contributed by atoms with van der Waals surface area (Å²) >= 11 is 0. The maximum Gasteiger partial charge on any atom is 0.0967 e. The predicted molar refractivity (Wildman–Crippen MR) is 89.9 cm³/mol. The molecule has 2 aromatic carbocycles. The van der Waals surface area contributed by atoms with E-state index < -0.39 is 5.60 Å². The third kappa shape index (κ3) is 1.58. The monoisotopic (exact) mass is 292 g/mol. The number of rotatable bonds is 2. The van der Waals surface area contributed by atoms with E-state index in [1.54, 1.807) is 0 Å². The zero-order valence-electron chi connectivity index (χ0n) is 13.5. The molecule has 1 heteroatoms. The minimum Gasteiger partial charge on any atom is -0.385 e. The third-order valence-corrected chi connectivity index (χ3v) is 6.27. The van der Waals surface area contributed by atoms with E-state index in [4.69, 9.17) is 0 Å². The largest absolute Gasteiger partial charge is 0.385 e. The van der Waals surface area contributed by atoms with Crippen molar-refractivity contribution in [3.63, 3.8) is 0 Å². The zero-order valence-corrected chi connectivity index (χ0v) is 13.5. The first-order chi connectivity index (χ1) is 10.6. The van der Waals surface area contributed by atoms with Gasteiger partial charge in [0.2, 0.25) is 0 Å². The van der Waals surface area contributed by atoms with E-state index in [1.807, 2.05) is 0 Å². The summed E-state index contributed by atoms with van der Waals surface area (Å²) in [6.45, 7) is 4.50. The quantitative estimate of drug-likeness (QED) is 0.859. The van der Waals surface area contributed by atoms with Gasteiger partial charge in [0.05, 0.1) is 5.60 Å². The van der Waals surface area contributed by atoms with Gasteiger partial charge in [-0.1, -0.05) is 68.8 Å². The Morgan fingerprint density at radius 3 is 2.23 bits per heavy atom. The summed E-state index contributed by atoms with van der Waals surface area (Å²) < 4.78 is 0. The zero-order chi connectivity index (χ0) is 15.4. The Labute approximate surface area is 133 Å². The molecule has 114 valence electrons. The van der Waals surface area contributed by atoms with Gasteiger partial charge in [-0.3, -0.25) is 0 Å². The standard InChI is InChI=1S/C21H24O/c1-3-12-21(22)19-11-7-6-10-18(19)15(2)20(21)13-16-8-4-5-9-17(16)14-20/h4-11,15,22H,3,12-14H2,1-2H3. The minimum atomic E-state index is -0.698. The van der Waals surface area contributed by atoms with Crippen LogP contribution >= 0.6 is 0 Å². The summed E-state index contributed by atoms with van der Waals surface area (Å²) in [6, 6.07) is 17.3. The molecule has 1 nitrogen and oxygen atoms in total. The van der Waals surface area contributed by atoms with Gasteiger partial charge in [-0.2, -0.15) is 0 Å². The van der Waals surface area contributed by atoms with E-state index in [-0.39, 0.29) is 5.41 Å². The van der Waals surface area contributed by atoms with Crippen LogP contribution in [0, 0.1) is 5.41 Å². The fourth-order valence-corrected chi connectivity index (χ4v) is 5.16. The Bertz CT molecular complexity index is 692. The minimum absolute atomic E-state index is 0.0730. The van der Waals surface area contributed by atoms with Crippen LogP contribution in [0.3, 0.4) is 0 Å². The summed E-state index contributed by atoms with van der Waals surface area (Å²) in [6.07, 6.45) is 3.85. The van der Waals surface area contributed by atoms with Gasteiger partial charge in [0.1, 0.15) is 0 Å². The van der Waals surface area contributed by atoms with Gasteiger partial charge in [0.25, 0.3) is 0 Å². The maximum absolute atomic E-state index is 11.8. The number of fused-ring (bicyclic) bond motifs is 2. The SMILES string of the molecule is CCCC1(O)c2ccccc2C(C)C12Cc1ccccc1C2. The van der Waals surface area contributed by atoms with Gasteiger partial charge in [0, 0.05) is 5.41 Å². The topological polar surface area (TPSA) is 20.2 Å². The van der Waals surface area contributed by atoms with Gasteiger partial charge >= 0.3 is 0 Å². The Kier molecular flexibility index (Phi) is 2.99. The lowest BCUT2D eigenvalue weighted by molar-refractivity contribution is -0.0908. The molecule has 4 rings (SSSR count). The molecule has 2 aliphatic carbocycles. The second-order valence-electron chi connectivity index (χ2n) is 7.20. The van der Waals surface area contributed by atoms with Crippen molar-refractivity contribution in [2.24, 2.45) is 5.41 Å². The highest BCUT2D eigenvalue weighted by Gasteiger charge is 2.61. The molecular formula is C21H24O. The Morgan fingerprint density at radius 1 is 1.00 bits per heavy atom. The first kappa shape index (κ1) is 14.0. The highest BCUT2D eigenvalue weighted by molar-refractivity contribution is 5.49. The fraction of sp³-hybridized carbons (Fsp3) is 0.429. The molecule has 2 unspecified atom stereocenters. The molecule has 0 saturated carbocycles. The lowest BCUT2D eigenvalue weighted by Crippen LogP contribution is -2.45. The summed E-state index contributed by atoms with van der Waals surface area (Å²) in [4.78, 5) is 0. The molecule has 0 bridgehead atoms. The molecular weight excluding hydrogens is 268 g/mol. The molecule has 1 N–H and O–H groups in total. The van der Waals surface area contributed by atoms with Crippen LogP contribution in [0.4, 0.5) is 0 Å². The van der Waals surface area contributed by atoms with Crippen molar-refractivity contribution in [1.29, 1.82) is 0 Å². The normalized spacial score (nSPS) is 27.9. The highest BCUT2D eigenvalue weighted by atomic mass is 16.3. The van der Waals surface area contributed by atoms with Crippen LogP contribution < -0.4 is 0 Å². The van der Waals surface area contributed by atoms with Crippen molar-refractivity contribution in [3.8, 4) is 0 Å².